The van der Waals surface area contributed by atoms with E-state index in [4.69, 9.17) is 16.3 Å². The Morgan fingerprint density at radius 2 is 1.97 bits per heavy atom. The van der Waals surface area contributed by atoms with Gasteiger partial charge in [0, 0.05) is 15.7 Å². The number of nitrogens with zero attached hydrogens (tertiary/aromatic N) is 3. The van der Waals surface area contributed by atoms with Gasteiger partial charge < -0.3 is 4.74 Å². The van der Waals surface area contributed by atoms with Crippen LogP contribution in [0.4, 0.5) is 5.13 Å². The number of thioether (sulfide) groups is 1. The molecule has 2 aromatic carbocycles. The highest BCUT2D eigenvalue weighted by atomic mass is 35.5. The van der Waals surface area contributed by atoms with Crippen molar-refractivity contribution in [3.05, 3.63) is 64.9 Å². The predicted octanol–water partition coefficient (Wildman–Crippen LogP) is 5.76. The first-order valence-electron chi connectivity index (χ1n) is 9.06. The van der Waals surface area contributed by atoms with Crippen LogP contribution in [0.15, 0.2) is 69.9 Å². The van der Waals surface area contributed by atoms with Gasteiger partial charge in [-0.05, 0) is 50.2 Å². The molecule has 4 rings (SSSR count). The van der Waals surface area contributed by atoms with Crippen molar-refractivity contribution >= 4 is 61.7 Å². The fraction of sp³-hybridized carbons (Fsp3) is 0.190. The van der Waals surface area contributed by atoms with Gasteiger partial charge in [0.15, 0.2) is 0 Å². The first-order valence-corrected chi connectivity index (χ1v) is 11.2. The maximum absolute atomic E-state index is 13.2. The number of para-hydroxylation sites is 1. The number of hydrogen-bond acceptors (Lipinski definition) is 6. The predicted molar refractivity (Wildman–Crippen MR) is 121 cm³/mol. The molecular formula is C21H18ClN3O2S2. The van der Waals surface area contributed by atoms with Gasteiger partial charge in [0.2, 0.25) is 5.13 Å². The lowest BCUT2D eigenvalue weighted by molar-refractivity contribution is -0.114. The number of amides is 1. The summed E-state index contributed by atoms with van der Waals surface area (Å²) in [6.45, 7) is 4.19. The van der Waals surface area contributed by atoms with E-state index in [1.807, 2.05) is 55.5 Å². The lowest BCUT2D eigenvalue weighted by atomic mass is 10.1. The minimum Gasteiger partial charge on any atom is -0.498 e. The minimum atomic E-state index is -0.207. The smallest absolute Gasteiger partial charge is 0.286 e. The molecule has 0 N–H and O–H groups in total. The van der Waals surface area contributed by atoms with Crippen molar-refractivity contribution in [2.24, 2.45) is 5.10 Å². The van der Waals surface area contributed by atoms with Gasteiger partial charge in [0.25, 0.3) is 5.91 Å². The number of fused-ring (bicyclic) bond motifs is 1. The molecule has 1 aliphatic rings. The van der Waals surface area contributed by atoms with E-state index in [0.29, 0.717) is 39.6 Å². The SMILES string of the molecule is CCOC(C)=C1C(=O)N(c2nc3ccccc3s2)N=C1CSc1ccc(Cl)cc1. The minimum absolute atomic E-state index is 0.207. The summed E-state index contributed by atoms with van der Waals surface area (Å²) in [4.78, 5) is 18.8. The van der Waals surface area contributed by atoms with Crippen LogP contribution in [-0.4, -0.2) is 29.0 Å². The number of halogens is 1. The average molecular weight is 444 g/mol. The van der Waals surface area contributed by atoms with Crippen LogP contribution in [0.25, 0.3) is 10.2 Å². The maximum Gasteiger partial charge on any atom is 0.286 e. The largest absolute Gasteiger partial charge is 0.498 e. The molecule has 0 unspecified atom stereocenters. The maximum atomic E-state index is 13.2. The van der Waals surface area contributed by atoms with E-state index in [1.54, 1.807) is 18.7 Å². The van der Waals surface area contributed by atoms with E-state index >= 15 is 0 Å². The monoisotopic (exact) mass is 443 g/mol. The first kappa shape index (κ1) is 19.9. The average Bonchev–Trinajstić information content (AvgIpc) is 3.28. The molecule has 1 amide bonds. The zero-order valence-corrected chi connectivity index (χ0v) is 18.3. The van der Waals surface area contributed by atoms with Gasteiger partial charge in [-0.25, -0.2) is 4.98 Å². The summed E-state index contributed by atoms with van der Waals surface area (Å²) < 4.78 is 6.66. The number of carbonyl (C=O) groups is 1. The van der Waals surface area contributed by atoms with Crippen molar-refractivity contribution in [2.75, 3.05) is 17.4 Å². The standard InChI is InChI=1S/C21H18ClN3O2S2/c1-3-27-13(2)19-17(12-28-15-10-8-14(22)9-11-15)24-25(20(19)26)21-23-16-6-4-5-7-18(16)29-21/h4-11H,3,12H2,1-2H3. The molecular weight excluding hydrogens is 426 g/mol. The third-order valence-corrected chi connectivity index (χ3v) is 6.57. The van der Waals surface area contributed by atoms with Crippen molar-refractivity contribution in [3.8, 4) is 0 Å². The van der Waals surface area contributed by atoms with Crippen LogP contribution in [0.3, 0.4) is 0 Å². The normalized spacial score (nSPS) is 15.8. The van der Waals surface area contributed by atoms with Crippen LogP contribution in [0.5, 0.6) is 0 Å². The van der Waals surface area contributed by atoms with Crippen LogP contribution >= 0.6 is 34.7 Å². The van der Waals surface area contributed by atoms with Gasteiger partial charge in [0.1, 0.15) is 11.3 Å². The van der Waals surface area contributed by atoms with E-state index in [9.17, 15) is 4.79 Å². The molecule has 0 spiro atoms. The molecule has 8 heteroatoms. The molecule has 0 bridgehead atoms. The Morgan fingerprint density at radius 1 is 1.21 bits per heavy atom. The summed E-state index contributed by atoms with van der Waals surface area (Å²) in [6, 6.07) is 15.4. The van der Waals surface area contributed by atoms with E-state index in [1.165, 1.54) is 16.3 Å². The molecule has 1 aromatic heterocycles. The van der Waals surface area contributed by atoms with Crippen LogP contribution < -0.4 is 5.01 Å². The van der Waals surface area contributed by atoms with E-state index in [2.05, 4.69) is 10.1 Å². The number of carbonyl (C=O) groups excluding carboxylic acids is 1. The van der Waals surface area contributed by atoms with Gasteiger partial charge in [0.05, 0.1) is 22.5 Å². The second-order valence-corrected chi connectivity index (χ2v) is 8.73. The summed E-state index contributed by atoms with van der Waals surface area (Å²) in [5.41, 5.74) is 2.04. The molecule has 0 saturated carbocycles. The molecule has 1 aliphatic heterocycles. The summed E-state index contributed by atoms with van der Waals surface area (Å²) in [6.07, 6.45) is 0. The number of rotatable bonds is 6. The van der Waals surface area contributed by atoms with Crippen molar-refractivity contribution in [1.29, 1.82) is 0 Å². The zero-order chi connectivity index (χ0) is 20.4. The zero-order valence-electron chi connectivity index (χ0n) is 15.9. The Bertz CT molecular complexity index is 1090. The van der Waals surface area contributed by atoms with E-state index < -0.39 is 0 Å². The Hall–Kier alpha value is -2.35. The fourth-order valence-corrected chi connectivity index (χ4v) is 4.83. The number of aromatic nitrogens is 1. The highest BCUT2D eigenvalue weighted by molar-refractivity contribution is 8.00. The topological polar surface area (TPSA) is 54.8 Å². The second kappa shape index (κ2) is 8.57. The number of ether oxygens (including phenoxy) is 1. The third kappa shape index (κ3) is 4.17. The van der Waals surface area contributed by atoms with Crippen molar-refractivity contribution in [1.82, 2.24) is 4.98 Å². The van der Waals surface area contributed by atoms with Gasteiger partial charge in [-0.3, -0.25) is 4.79 Å². The Morgan fingerprint density at radius 3 is 2.69 bits per heavy atom. The van der Waals surface area contributed by atoms with E-state index in [-0.39, 0.29) is 5.91 Å². The number of benzene rings is 2. The number of anilines is 1. The molecule has 0 aliphatic carbocycles. The molecule has 0 atom stereocenters. The highest BCUT2D eigenvalue weighted by Gasteiger charge is 2.35. The third-order valence-electron chi connectivity index (χ3n) is 4.28. The second-order valence-electron chi connectivity index (χ2n) is 6.23. The summed E-state index contributed by atoms with van der Waals surface area (Å²) in [7, 11) is 0. The van der Waals surface area contributed by atoms with Gasteiger partial charge in [-0.1, -0.05) is 35.1 Å². The van der Waals surface area contributed by atoms with Gasteiger partial charge in [-0.2, -0.15) is 10.1 Å². The van der Waals surface area contributed by atoms with Crippen molar-refractivity contribution < 1.29 is 9.53 Å². The Labute approximate surface area is 182 Å². The summed E-state index contributed by atoms with van der Waals surface area (Å²) in [5.74, 6) is 0.910. The van der Waals surface area contributed by atoms with Gasteiger partial charge >= 0.3 is 0 Å². The molecule has 5 nitrogen and oxygen atoms in total. The van der Waals surface area contributed by atoms with Crippen LogP contribution in [0, 0.1) is 0 Å². The quantitative estimate of drug-likeness (QED) is 0.276. The van der Waals surface area contributed by atoms with Gasteiger partial charge in [-0.15, -0.1) is 11.8 Å². The fourth-order valence-electron chi connectivity index (χ4n) is 2.95. The lowest BCUT2D eigenvalue weighted by Crippen LogP contribution is -2.22. The number of hydrazone groups is 1. The molecule has 2 heterocycles. The van der Waals surface area contributed by atoms with Crippen LogP contribution in [0.2, 0.25) is 5.02 Å². The molecule has 3 aromatic rings. The molecule has 148 valence electrons. The van der Waals surface area contributed by atoms with Crippen molar-refractivity contribution in [3.63, 3.8) is 0 Å². The number of hydrogen-bond donors (Lipinski definition) is 0. The van der Waals surface area contributed by atoms with E-state index in [0.717, 1.165) is 15.1 Å². The highest BCUT2D eigenvalue weighted by Crippen LogP contribution is 2.34. The van der Waals surface area contributed by atoms with Crippen LogP contribution in [-0.2, 0) is 9.53 Å². The lowest BCUT2D eigenvalue weighted by Gasteiger charge is -2.09. The Balaban J connectivity index is 1.66. The molecule has 0 fully saturated rings. The van der Waals surface area contributed by atoms with Crippen LogP contribution in [0.1, 0.15) is 13.8 Å². The number of thiazole rings is 1. The van der Waals surface area contributed by atoms with Crippen molar-refractivity contribution in [2.45, 2.75) is 18.7 Å². The number of allylic oxidation sites excluding steroid dienone is 1. The Kier molecular flexibility index (Phi) is 5.89. The molecule has 0 radical (unpaired) electrons. The summed E-state index contributed by atoms with van der Waals surface area (Å²) >= 11 is 9.00. The first-order chi connectivity index (χ1) is 14.1. The molecule has 0 saturated heterocycles. The summed E-state index contributed by atoms with van der Waals surface area (Å²) in [5, 5.41) is 7.26. The molecule has 29 heavy (non-hydrogen) atoms.